The monoisotopic (exact) mass is 354 g/mol. The minimum absolute atomic E-state index is 0.385. The van der Waals surface area contributed by atoms with Crippen LogP contribution in [0.1, 0.15) is 19.4 Å². The van der Waals surface area contributed by atoms with Crippen LogP contribution in [0.5, 0.6) is 0 Å². The SMILES string of the molecule is CC(C)C(CN)NCc1cc(Br)sc1Br. The predicted octanol–water partition coefficient (Wildman–Crippen LogP) is 3.35. The van der Waals surface area contributed by atoms with E-state index in [0.29, 0.717) is 18.5 Å². The fourth-order valence-corrected chi connectivity index (χ4v) is 4.15. The molecule has 5 heteroatoms. The van der Waals surface area contributed by atoms with Crippen LogP contribution in [0.15, 0.2) is 13.6 Å². The minimum Gasteiger partial charge on any atom is -0.329 e. The van der Waals surface area contributed by atoms with Gasteiger partial charge < -0.3 is 11.1 Å². The highest BCUT2D eigenvalue weighted by Crippen LogP contribution is 2.31. The van der Waals surface area contributed by atoms with Crippen LogP contribution in [0.2, 0.25) is 0 Å². The topological polar surface area (TPSA) is 38.0 Å². The highest BCUT2D eigenvalue weighted by Gasteiger charge is 2.12. The predicted molar refractivity (Wildman–Crippen MR) is 74.2 cm³/mol. The van der Waals surface area contributed by atoms with E-state index >= 15 is 0 Å². The third-order valence-corrected chi connectivity index (χ3v) is 4.80. The molecule has 0 amide bonds. The molecule has 2 nitrogen and oxygen atoms in total. The van der Waals surface area contributed by atoms with Gasteiger partial charge in [0.1, 0.15) is 0 Å². The van der Waals surface area contributed by atoms with E-state index in [2.05, 4.69) is 57.1 Å². The molecule has 0 saturated heterocycles. The summed E-state index contributed by atoms with van der Waals surface area (Å²) in [4.78, 5) is 0. The quantitative estimate of drug-likeness (QED) is 0.849. The number of hydrogen-bond acceptors (Lipinski definition) is 3. The van der Waals surface area contributed by atoms with Gasteiger partial charge in [-0.25, -0.2) is 0 Å². The van der Waals surface area contributed by atoms with Crippen LogP contribution in [0.3, 0.4) is 0 Å². The smallest absolute Gasteiger partial charge is 0.0755 e. The molecule has 1 unspecified atom stereocenters. The average Bonchev–Trinajstić information content (AvgIpc) is 2.45. The molecule has 0 aliphatic rings. The Balaban J connectivity index is 2.52. The second kappa shape index (κ2) is 6.35. The summed E-state index contributed by atoms with van der Waals surface area (Å²) < 4.78 is 2.33. The fourth-order valence-electron chi connectivity index (χ4n) is 1.33. The summed E-state index contributed by atoms with van der Waals surface area (Å²) in [6, 6.07) is 2.52. The summed E-state index contributed by atoms with van der Waals surface area (Å²) in [5, 5.41) is 3.47. The molecule has 1 rings (SSSR count). The number of nitrogens with one attached hydrogen (secondary N) is 1. The van der Waals surface area contributed by atoms with E-state index in [1.165, 1.54) is 9.35 Å². The van der Waals surface area contributed by atoms with E-state index in [0.717, 1.165) is 10.3 Å². The van der Waals surface area contributed by atoms with Gasteiger partial charge in [0.25, 0.3) is 0 Å². The van der Waals surface area contributed by atoms with Gasteiger partial charge in [0.15, 0.2) is 0 Å². The maximum Gasteiger partial charge on any atom is 0.0755 e. The van der Waals surface area contributed by atoms with Crippen LogP contribution in [-0.4, -0.2) is 12.6 Å². The molecular formula is C10H16Br2N2S. The van der Waals surface area contributed by atoms with Gasteiger partial charge in [-0.05, 0) is 49.4 Å². The normalized spacial score (nSPS) is 13.5. The van der Waals surface area contributed by atoms with Crippen LogP contribution in [-0.2, 0) is 6.54 Å². The summed E-state index contributed by atoms with van der Waals surface area (Å²) in [6.45, 7) is 5.91. The van der Waals surface area contributed by atoms with Crippen molar-refractivity contribution in [3.63, 3.8) is 0 Å². The first-order valence-electron chi connectivity index (χ1n) is 4.91. The number of nitrogens with two attached hydrogens (primary N) is 1. The average molecular weight is 356 g/mol. The lowest BCUT2D eigenvalue weighted by molar-refractivity contribution is 0.405. The molecule has 0 aliphatic heterocycles. The van der Waals surface area contributed by atoms with Crippen molar-refractivity contribution in [3.8, 4) is 0 Å². The Labute approximate surface area is 112 Å². The van der Waals surface area contributed by atoms with E-state index in [9.17, 15) is 0 Å². The van der Waals surface area contributed by atoms with Crippen molar-refractivity contribution in [1.82, 2.24) is 5.32 Å². The van der Waals surface area contributed by atoms with Crippen LogP contribution >= 0.6 is 43.2 Å². The zero-order valence-corrected chi connectivity index (χ0v) is 12.9. The van der Waals surface area contributed by atoms with Crippen molar-refractivity contribution in [2.24, 2.45) is 11.7 Å². The summed E-state index contributed by atoms with van der Waals surface area (Å²) >= 11 is 8.71. The van der Waals surface area contributed by atoms with Gasteiger partial charge in [-0.1, -0.05) is 13.8 Å². The molecule has 15 heavy (non-hydrogen) atoms. The van der Waals surface area contributed by atoms with Crippen molar-refractivity contribution >= 4 is 43.2 Å². The van der Waals surface area contributed by atoms with Crippen LogP contribution in [0.25, 0.3) is 0 Å². The number of thiophene rings is 1. The van der Waals surface area contributed by atoms with Crippen molar-refractivity contribution in [2.75, 3.05) is 6.54 Å². The second-order valence-electron chi connectivity index (χ2n) is 3.82. The maximum absolute atomic E-state index is 5.70. The first-order valence-corrected chi connectivity index (χ1v) is 7.32. The van der Waals surface area contributed by atoms with E-state index in [4.69, 9.17) is 5.73 Å². The van der Waals surface area contributed by atoms with Gasteiger partial charge in [-0.15, -0.1) is 11.3 Å². The Hall–Kier alpha value is 0.580. The number of hydrogen-bond donors (Lipinski definition) is 2. The van der Waals surface area contributed by atoms with Gasteiger partial charge >= 0.3 is 0 Å². The number of halogens is 2. The highest BCUT2D eigenvalue weighted by atomic mass is 79.9. The molecule has 0 fully saturated rings. The molecule has 0 aliphatic carbocycles. The van der Waals surface area contributed by atoms with E-state index in [1.807, 2.05) is 0 Å². The molecular weight excluding hydrogens is 340 g/mol. The van der Waals surface area contributed by atoms with E-state index < -0.39 is 0 Å². The van der Waals surface area contributed by atoms with Gasteiger partial charge in [-0.2, -0.15) is 0 Å². The second-order valence-corrected chi connectivity index (χ2v) is 7.57. The molecule has 0 saturated carbocycles. The Morgan fingerprint density at radius 1 is 1.47 bits per heavy atom. The van der Waals surface area contributed by atoms with Crippen molar-refractivity contribution < 1.29 is 0 Å². The lowest BCUT2D eigenvalue weighted by atomic mass is 10.0. The van der Waals surface area contributed by atoms with Gasteiger partial charge in [-0.3, -0.25) is 0 Å². The summed E-state index contributed by atoms with van der Waals surface area (Å²) in [5.74, 6) is 0.566. The lowest BCUT2D eigenvalue weighted by Crippen LogP contribution is -2.39. The van der Waals surface area contributed by atoms with Crippen molar-refractivity contribution in [3.05, 3.63) is 19.2 Å². The van der Waals surface area contributed by atoms with Gasteiger partial charge in [0.05, 0.1) is 7.57 Å². The molecule has 3 N–H and O–H groups in total. The molecule has 1 atom stereocenters. The third kappa shape index (κ3) is 4.15. The lowest BCUT2D eigenvalue weighted by Gasteiger charge is -2.20. The Morgan fingerprint density at radius 2 is 2.13 bits per heavy atom. The summed E-state index contributed by atoms with van der Waals surface area (Å²) in [5.41, 5.74) is 6.98. The van der Waals surface area contributed by atoms with Gasteiger partial charge in [0, 0.05) is 19.1 Å². The molecule has 86 valence electrons. The third-order valence-electron chi connectivity index (χ3n) is 2.34. The Kier molecular flexibility index (Phi) is 5.77. The van der Waals surface area contributed by atoms with Crippen molar-refractivity contribution in [1.29, 1.82) is 0 Å². The molecule has 0 aromatic carbocycles. The molecule has 1 aromatic rings. The molecule has 1 aromatic heterocycles. The number of rotatable bonds is 5. The van der Waals surface area contributed by atoms with Crippen molar-refractivity contribution in [2.45, 2.75) is 26.4 Å². The van der Waals surface area contributed by atoms with Crippen LogP contribution in [0, 0.1) is 5.92 Å². The van der Waals surface area contributed by atoms with E-state index in [-0.39, 0.29) is 0 Å². The zero-order chi connectivity index (χ0) is 11.4. The zero-order valence-electron chi connectivity index (χ0n) is 8.89. The molecule has 1 heterocycles. The summed E-state index contributed by atoms with van der Waals surface area (Å²) in [6.07, 6.45) is 0. The fraction of sp³-hybridized carbons (Fsp3) is 0.600. The van der Waals surface area contributed by atoms with Gasteiger partial charge in [0.2, 0.25) is 0 Å². The van der Waals surface area contributed by atoms with E-state index in [1.54, 1.807) is 11.3 Å². The molecule has 0 bridgehead atoms. The van der Waals surface area contributed by atoms with Crippen LogP contribution in [0.4, 0.5) is 0 Å². The molecule has 0 radical (unpaired) electrons. The minimum atomic E-state index is 0.385. The first kappa shape index (κ1) is 13.6. The Bertz CT molecular complexity index is 312. The first-order chi connectivity index (χ1) is 7.04. The van der Waals surface area contributed by atoms with Crippen LogP contribution < -0.4 is 11.1 Å². The summed E-state index contributed by atoms with van der Waals surface area (Å²) in [7, 11) is 0. The largest absolute Gasteiger partial charge is 0.329 e. The standard InChI is InChI=1S/C10H16Br2N2S/c1-6(2)8(4-13)14-5-7-3-9(11)15-10(7)12/h3,6,8,14H,4-5,13H2,1-2H3. The maximum atomic E-state index is 5.70. The Morgan fingerprint density at radius 3 is 2.53 bits per heavy atom. The molecule has 0 spiro atoms. The highest BCUT2D eigenvalue weighted by molar-refractivity contribution is 9.12.